The molecule has 1 rings (SSSR count). The highest BCUT2D eigenvalue weighted by atomic mass is 32.2. The van der Waals surface area contributed by atoms with Crippen molar-refractivity contribution in [1.29, 1.82) is 0 Å². The molecule has 0 aromatic carbocycles. The van der Waals surface area contributed by atoms with E-state index in [1.54, 1.807) is 25.1 Å². The van der Waals surface area contributed by atoms with Crippen LogP contribution in [-0.2, 0) is 5.75 Å². The highest BCUT2D eigenvalue weighted by Crippen LogP contribution is 2.19. The molecule has 0 bridgehead atoms. The number of ether oxygens (including phenoxy) is 1. The van der Waals surface area contributed by atoms with Crippen molar-refractivity contribution in [3.8, 4) is 5.75 Å². The van der Waals surface area contributed by atoms with Gasteiger partial charge in [0.1, 0.15) is 5.82 Å². The Bertz CT molecular complexity index is 281. The van der Waals surface area contributed by atoms with E-state index in [0.29, 0.717) is 11.6 Å². The molecule has 0 aliphatic heterocycles. The Hall–Kier alpha value is -1.01. The Kier molecular flexibility index (Phi) is 3.78. The first kappa shape index (κ1) is 10.1. The van der Waals surface area contributed by atoms with Gasteiger partial charge in [0, 0.05) is 0 Å². The highest BCUT2D eigenvalue weighted by Gasteiger charge is 2.04. The van der Waals surface area contributed by atoms with E-state index in [2.05, 4.69) is 15.4 Å². The van der Waals surface area contributed by atoms with Crippen LogP contribution in [0, 0.1) is 0 Å². The standard InChI is InChI=1S/C7H12N4OS/c1-12-5-3-9-6(4-13-2)10-7(5)11-8/h3H,4,8H2,1-2H3,(H,9,10,11). The lowest BCUT2D eigenvalue weighted by molar-refractivity contribution is 0.412. The van der Waals surface area contributed by atoms with E-state index in [9.17, 15) is 0 Å². The van der Waals surface area contributed by atoms with Crippen molar-refractivity contribution in [3.63, 3.8) is 0 Å². The first-order valence-electron chi connectivity index (χ1n) is 3.67. The number of rotatable bonds is 4. The summed E-state index contributed by atoms with van der Waals surface area (Å²) in [5.41, 5.74) is 2.46. The maximum absolute atomic E-state index is 5.26. The minimum atomic E-state index is 0.515. The average Bonchev–Trinajstić information content (AvgIpc) is 2.18. The van der Waals surface area contributed by atoms with Crippen LogP contribution in [-0.4, -0.2) is 23.3 Å². The predicted octanol–water partition coefficient (Wildman–Crippen LogP) is 0.634. The molecule has 6 heteroatoms. The second-order valence-electron chi connectivity index (χ2n) is 2.28. The fourth-order valence-electron chi connectivity index (χ4n) is 0.859. The average molecular weight is 200 g/mol. The number of hydrogen-bond donors (Lipinski definition) is 2. The summed E-state index contributed by atoms with van der Waals surface area (Å²) in [5.74, 6) is 7.83. The lowest BCUT2D eigenvalue weighted by Gasteiger charge is -2.06. The molecule has 0 unspecified atom stereocenters. The number of hydrazine groups is 1. The molecular formula is C7H12N4OS. The second kappa shape index (κ2) is 4.88. The van der Waals surface area contributed by atoms with Crippen molar-refractivity contribution in [2.45, 2.75) is 5.75 Å². The van der Waals surface area contributed by atoms with Gasteiger partial charge in [-0.2, -0.15) is 11.8 Å². The van der Waals surface area contributed by atoms with Crippen molar-refractivity contribution in [3.05, 3.63) is 12.0 Å². The van der Waals surface area contributed by atoms with Gasteiger partial charge in [-0.05, 0) is 6.26 Å². The van der Waals surface area contributed by atoms with Gasteiger partial charge in [-0.15, -0.1) is 0 Å². The molecule has 0 radical (unpaired) electrons. The third-order valence-electron chi connectivity index (χ3n) is 1.44. The fraction of sp³-hybridized carbons (Fsp3) is 0.429. The summed E-state index contributed by atoms with van der Waals surface area (Å²) in [6.07, 6.45) is 3.59. The Labute approximate surface area is 81.1 Å². The lowest BCUT2D eigenvalue weighted by atomic mass is 10.5. The normalized spacial score (nSPS) is 9.77. The molecule has 72 valence electrons. The van der Waals surface area contributed by atoms with Gasteiger partial charge in [-0.25, -0.2) is 15.8 Å². The molecule has 5 nitrogen and oxygen atoms in total. The molecular weight excluding hydrogens is 188 g/mol. The molecule has 0 spiro atoms. The van der Waals surface area contributed by atoms with E-state index < -0.39 is 0 Å². The number of hydrogen-bond acceptors (Lipinski definition) is 6. The van der Waals surface area contributed by atoms with E-state index in [4.69, 9.17) is 10.6 Å². The van der Waals surface area contributed by atoms with Crippen molar-refractivity contribution < 1.29 is 4.74 Å². The SMILES string of the molecule is COc1cnc(CSC)nc1NN. The summed E-state index contributed by atoms with van der Waals surface area (Å²) < 4.78 is 5.00. The van der Waals surface area contributed by atoms with Gasteiger partial charge in [-0.3, -0.25) is 0 Å². The van der Waals surface area contributed by atoms with E-state index in [1.165, 1.54) is 0 Å². The van der Waals surface area contributed by atoms with Crippen LogP contribution in [0.3, 0.4) is 0 Å². The van der Waals surface area contributed by atoms with Gasteiger partial charge >= 0.3 is 0 Å². The first-order chi connectivity index (χ1) is 6.31. The van der Waals surface area contributed by atoms with Crippen LogP contribution < -0.4 is 16.0 Å². The Morgan fingerprint density at radius 3 is 3.00 bits per heavy atom. The maximum atomic E-state index is 5.26. The Morgan fingerprint density at radius 2 is 2.46 bits per heavy atom. The summed E-state index contributed by atoms with van der Waals surface area (Å²) in [7, 11) is 1.55. The molecule has 0 atom stereocenters. The Balaban J connectivity index is 2.91. The topological polar surface area (TPSA) is 73.1 Å². The van der Waals surface area contributed by atoms with Crippen LogP contribution in [0.4, 0.5) is 5.82 Å². The molecule has 13 heavy (non-hydrogen) atoms. The lowest BCUT2D eigenvalue weighted by Crippen LogP contribution is -2.11. The van der Waals surface area contributed by atoms with Gasteiger partial charge in [0.05, 0.1) is 19.1 Å². The molecule has 0 saturated carbocycles. The van der Waals surface area contributed by atoms with Gasteiger partial charge in [0.25, 0.3) is 0 Å². The number of nitrogen functional groups attached to an aromatic ring is 1. The van der Waals surface area contributed by atoms with Crippen LogP contribution in [0.5, 0.6) is 5.75 Å². The molecule has 0 fully saturated rings. The maximum Gasteiger partial charge on any atom is 0.186 e. The predicted molar refractivity (Wildman–Crippen MR) is 53.6 cm³/mol. The van der Waals surface area contributed by atoms with Crippen molar-refractivity contribution in [2.75, 3.05) is 18.8 Å². The van der Waals surface area contributed by atoms with Crippen LogP contribution in [0.1, 0.15) is 5.82 Å². The van der Waals surface area contributed by atoms with Crippen molar-refractivity contribution in [1.82, 2.24) is 9.97 Å². The number of aromatic nitrogens is 2. The third kappa shape index (κ3) is 2.46. The zero-order valence-electron chi connectivity index (χ0n) is 7.57. The monoisotopic (exact) mass is 200 g/mol. The van der Waals surface area contributed by atoms with Crippen LogP contribution in [0.2, 0.25) is 0 Å². The van der Waals surface area contributed by atoms with Gasteiger partial charge in [0.15, 0.2) is 11.6 Å². The zero-order chi connectivity index (χ0) is 9.68. The molecule has 1 heterocycles. The number of nitrogens with one attached hydrogen (secondary N) is 1. The van der Waals surface area contributed by atoms with E-state index in [-0.39, 0.29) is 0 Å². The van der Waals surface area contributed by atoms with Crippen LogP contribution >= 0.6 is 11.8 Å². The number of anilines is 1. The minimum Gasteiger partial charge on any atom is -0.491 e. The number of thioether (sulfide) groups is 1. The molecule has 0 amide bonds. The van der Waals surface area contributed by atoms with Gasteiger partial charge < -0.3 is 10.2 Å². The summed E-state index contributed by atoms with van der Waals surface area (Å²) in [6, 6.07) is 0. The van der Waals surface area contributed by atoms with Gasteiger partial charge in [0.2, 0.25) is 0 Å². The summed E-state index contributed by atoms with van der Waals surface area (Å²) in [5, 5.41) is 0. The molecule has 0 saturated heterocycles. The minimum absolute atomic E-state index is 0.515. The zero-order valence-corrected chi connectivity index (χ0v) is 8.39. The quantitative estimate of drug-likeness (QED) is 0.548. The number of methoxy groups -OCH3 is 1. The largest absolute Gasteiger partial charge is 0.491 e. The van der Waals surface area contributed by atoms with E-state index in [1.807, 2.05) is 6.26 Å². The molecule has 3 N–H and O–H groups in total. The molecule has 1 aromatic rings. The highest BCUT2D eigenvalue weighted by molar-refractivity contribution is 7.97. The second-order valence-corrected chi connectivity index (χ2v) is 3.15. The summed E-state index contributed by atoms with van der Waals surface area (Å²) in [4.78, 5) is 8.25. The molecule has 0 aliphatic carbocycles. The first-order valence-corrected chi connectivity index (χ1v) is 5.06. The Morgan fingerprint density at radius 1 is 1.69 bits per heavy atom. The number of nitrogens with zero attached hydrogens (tertiary/aromatic N) is 2. The van der Waals surface area contributed by atoms with Crippen molar-refractivity contribution in [2.24, 2.45) is 5.84 Å². The molecule has 1 aromatic heterocycles. The third-order valence-corrected chi connectivity index (χ3v) is 1.98. The smallest absolute Gasteiger partial charge is 0.186 e. The van der Waals surface area contributed by atoms with Crippen molar-refractivity contribution >= 4 is 17.6 Å². The van der Waals surface area contributed by atoms with E-state index >= 15 is 0 Å². The van der Waals surface area contributed by atoms with Gasteiger partial charge in [-0.1, -0.05) is 0 Å². The van der Waals surface area contributed by atoms with Crippen LogP contribution in [0.15, 0.2) is 6.20 Å². The number of nitrogens with two attached hydrogens (primary N) is 1. The van der Waals surface area contributed by atoms with E-state index in [0.717, 1.165) is 11.6 Å². The molecule has 0 aliphatic rings. The van der Waals surface area contributed by atoms with Crippen LogP contribution in [0.25, 0.3) is 0 Å². The fourth-order valence-corrected chi connectivity index (χ4v) is 1.26. The summed E-state index contributed by atoms with van der Waals surface area (Å²) >= 11 is 1.65. The summed E-state index contributed by atoms with van der Waals surface area (Å²) in [6.45, 7) is 0.